The van der Waals surface area contributed by atoms with Gasteiger partial charge in [0.05, 0.1) is 31.6 Å². The number of nitrogens with one attached hydrogen (secondary N) is 1. The maximum Gasteiger partial charge on any atom is 0.390 e. The molecule has 13 heteroatoms. The molecule has 0 bridgehead atoms. The number of ether oxygens (including phenoxy) is 3. The number of fused-ring (bicyclic) bond motifs is 1. The van der Waals surface area contributed by atoms with Crippen molar-refractivity contribution in [2.24, 2.45) is 0 Å². The number of hydrogen-bond donors (Lipinski definition) is 2. The highest BCUT2D eigenvalue weighted by Gasteiger charge is 2.26. The molecule has 1 aromatic carbocycles. The van der Waals surface area contributed by atoms with Crippen LogP contribution in [0.25, 0.3) is 33.4 Å². The maximum absolute atomic E-state index is 12.9. The quantitative estimate of drug-likeness (QED) is 0.230. The zero-order valence-corrected chi connectivity index (χ0v) is 26.5. The minimum atomic E-state index is -3.70. The molecule has 2 fully saturated rings. The Morgan fingerprint density at radius 1 is 1.11 bits per heavy atom. The zero-order chi connectivity index (χ0) is 31.6. The SMILES string of the molecule is CCOC(=O)[SH](C)(=O)NC(=O)c1ccc(-c2cc(N3CCOC[C@H]3C)nc3c(-c4ccnn4C4CCCCO4)nccc23)cc1. The van der Waals surface area contributed by atoms with Crippen molar-refractivity contribution in [2.45, 2.75) is 45.4 Å². The van der Waals surface area contributed by atoms with Crippen LogP contribution in [0.15, 0.2) is 54.9 Å². The van der Waals surface area contributed by atoms with Gasteiger partial charge in [0.2, 0.25) is 0 Å². The third kappa shape index (κ3) is 6.33. The third-order valence-electron chi connectivity index (χ3n) is 8.11. The van der Waals surface area contributed by atoms with Crippen molar-refractivity contribution in [1.29, 1.82) is 0 Å². The highest BCUT2D eigenvalue weighted by molar-refractivity contribution is 8.14. The van der Waals surface area contributed by atoms with Gasteiger partial charge in [0.25, 0.3) is 5.91 Å². The number of pyridine rings is 2. The Morgan fingerprint density at radius 2 is 1.93 bits per heavy atom. The fraction of sp³-hybridized carbons (Fsp3) is 0.406. The third-order valence-corrected chi connectivity index (χ3v) is 9.56. The Kier molecular flexibility index (Phi) is 8.92. The average molecular weight is 635 g/mol. The number of benzene rings is 1. The van der Waals surface area contributed by atoms with E-state index in [1.54, 1.807) is 31.5 Å². The van der Waals surface area contributed by atoms with Crippen LogP contribution >= 0.6 is 0 Å². The maximum atomic E-state index is 12.9. The van der Waals surface area contributed by atoms with Crippen molar-refractivity contribution in [1.82, 2.24) is 24.5 Å². The van der Waals surface area contributed by atoms with E-state index in [2.05, 4.69) is 27.7 Å². The molecular weight excluding hydrogens is 596 g/mol. The first-order valence-corrected chi connectivity index (χ1v) is 17.4. The van der Waals surface area contributed by atoms with Crippen LogP contribution in [0.3, 0.4) is 0 Å². The normalized spacial score (nSPS) is 19.3. The average Bonchev–Trinajstić information content (AvgIpc) is 3.54. The summed E-state index contributed by atoms with van der Waals surface area (Å²) in [5.41, 5.74) is 4.30. The van der Waals surface area contributed by atoms with Crippen LogP contribution in [-0.2, 0) is 24.3 Å². The molecule has 0 radical (unpaired) electrons. The minimum absolute atomic E-state index is 0.0697. The molecule has 3 aromatic heterocycles. The molecule has 238 valence electrons. The van der Waals surface area contributed by atoms with Crippen LogP contribution in [0.1, 0.15) is 49.7 Å². The molecule has 2 saturated heterocycles. The number of amides is 1. The summed E-state index contributed by atoms with van der Waals surface area (Å²) in [7, 11) is -3.70. The van der Waals surface area contributed by atoms with Gasteiger partial charge < -0.3 is 19.1 Å². The van der Waals surface area contributed by atoms with E-state index in [1.807, 2.05) is 28.9 Å². The Labute approximate surface area is 262 Å². The summed E-state index contributed by atoms with van der Waals surface area (Å²) in [6, 6.07) is 13.0. The first kappa shape index (κ1) is 30.8. The van der Waals surface area contributed by atoms with E-state index < -0.39 is 21.3 Å². The molecule has 6 rings (SSSR count). The molecule has 0 saturated carbocycles. The van der Waals surface area contributed by atoms with Crippen LogP contribution in [-0.4, -0.2) is 80.4 Å². The lowest BCUT2D eigenvalue weighted by Gasteiger charge is -2.34. The van der Waals surface area contributed by atoms with Crippen molar-refractivity contribution in [2.75, 3.05) is 44.1 Å². The molecule has 2 aliphatic heterocycles. The van der Waals surface area contributed by atoms with Crippen LogP contribution in [0.5, 0.6) is 0 Å². The van der Waals surface area contributed by atoms with E-state index in [0.717, 1.165) is 52.8 Å². The molecule has 2 atom stereocenters. The molecule has 5 heterocycles. The number of carbonyl (C=O) groups is 2. The number of hydrogen-bond acceptors (Lipinski definition) is 10. The molecule has 12 nitrogen and oxygen atoms in total. The van der Waals surface area contributed by atoms with E-state index in [-0.39, 0.29) is 24.4 Å². The second-order valence-electron chi connectivity index (χ2n) is 11.3. The first-order valence-electron chi connectivity index (χ1n) is 15.2. The van der Waals surface area contributed by atoms with Gasteiger partial charge in [-0.3, -0.25) is 18.7 Å². The Hall–Kier alpha value is -4.20. The van der Waals surface area contributed by atoms with E-state index in [9.17, 15) is 13.8 Å². The molecule has 4 aromatic rings. The number of carbonyl (C=O) groups excluding carboxylic acids is 2. The molecule has 1 unspecified atom stereocenters. The fourth-order valence-electron chi connectivity index (χ4n) is 5.78. The molecule has 0 spiro atoms. The van der Waals surface area contributed by atoms with Gasteiger partial charge in [0.1, 0.15) is 17.0 Å². The smallest absolute Gasteiger partial charge is 0.390 e. The summed E-state index contributed by atoms with van der Waals surface area (Å²) < 4.78 is 33.6. The molecular formula is C32H38N6O6S. The van der Waals surface area contributed by atoms with Crippen LogP contribution < -0.4 is 9.62 Å². The predicted octanol–water partition coefficient (Wildman–Crippen LogP) is 4.53. The van der Waals surface area contributed by atoms with Gasteiger partial charge in [-0.15, -0.1) is 0 Å². The molecule has 1 amide bonds. The van der Waals surface area contributed by atoms with Crippen LogP contribution in [0.4, 0.5) is 10.6 Å². The number of morpholine rings is 1. The fourth-order valence-corrected chi connectivity index (χ4v) is 6.76. The summed E-state index contributed by atoms with van der Waals surface area (Å²) in [5, 5.41) is 4.57. The van der Waals surface area contributed by atoms with Gasteiger partial charge >= 0.3 is 5.30 Å². The highest BCUT2D eigenvalue weighted by Crippen LogP contribution is 2.37. The van der Waals surface area contributed by atoms with Gasteiger partial charge in [-0.25, -0.2) is 14.5 Å². The number of anilines is 1. The van der Waals surface area contributed by atoms with Gasteiger partial charge in [0.15, 0.2) is 6.23 Å². The summed E-state index contributed by atoms with van der Waals surface area (Å²) in [5.74, 6) is 0.179. The molecule has 45 heavy (non-hydrogen) atoms. The lowest BCUT2D eigenvalue weighted by Crippen LogP contribution is -2.44. The van der Waals surface area contributed by atoms with Crippen LogP contribution in [0.2, 0.25) is 0 Å². The highest BCUT2D eigenvalue weighted by atomic mass is 32.3. The van der Waals surface area contributed by atoms with Crippen molar-refractivity contribution >= 4 is 38.0 Å². The van der Waals surface area contributed by atoms with E-state index in [4.69, 9.17) is 24.2 Å². The van der Waals surface area contributed by atoms with Crippen molar-refractivity contribution in [3.63, 3.8) is 0 Å². The van der Waals surface area contributed by atoms with Crippen molar-refractivity contribution in [3.05, 3.63) is 60.4 Å². The topological polar surface area (TPSA) is 138 Å². The molecule has 0 aliphatic carbocycles. The van der Waals surface area contributed by atoms with Gasteiger partial charge in [0, 0.05) is 52.9 Å². The Morgan fingerprint density at radius 3 is 2.67 bits per heavy atom. The second kappa shape index (κ2) is 13.0. The van der Waals surface area contributed by atoms with Crippen LogP contribution in [0, 0.1) is 0 Å². The summed E-state index contributed by atoms with van der Waals surface area (Å²) in [6.07, 6.45) is 7.55. The second-order valence-corrected chi connectivity index (χ2v) is 13.8. The lowest BCUT2D eigenvalue weighted by molar-refractivity contribution is -0.0383. The van der Waals surface area contributed by atoms with Gasteiger partial charge in [-0.05, 0) is 74.6 Å². The van der Waals surface area contributed by atoms with Crippen molar-refractivity contribution < 1.29 is 28.0 Å². The van der Waals surface area contributed by atoms with Crippen molar-refractivity contribution in [3.8, 4) is 22.5 Å². The van der Waals surface area contributed by atoms with Gasteiger partial charge in [-0.1, -0.05) is 12.1 Å². The lowest BCUT2D eigenvalue weighted by atomic mass is 9.98. The summed E-state index contributed by atoms with van der Waals surface area (Å²) in [6.45, 7) is 6.38. The van der Waals surface area contributed by atoms with E-state index in [1.165, 1.54) is 6.26 Å². The summed E-state index contributed by atoms with van der Waals surface area (Å²) in [4.78, 5) is 37.2. The number of rotatable bonds is 6. The zero-order valence-electron chi connectivity index (χ0n) is 25.6. The minimum Gasteiger partial charge on any atom is -0.456 e. The van der Waals surface area contributed by atoms with E-state index in [0.29, 0.717) is 32.1 Å². The number of thiol groups is 1. The Balaban J connectivity index is 1.42. The number of nitrogens with zero attached hydrogens (tertiary/aromatic N) is 5. The standard InChI is InChI=1S/C32H38N6O6S/c1-4-43-32(40)45(3,41)36-31(39)23-10-8-22(9-11-23)25-19-27(37-16-18-42-20-21(37)2)35-29-24(25)12-14-33-30(29)26-13-15-34-38(26)28-7-5-6-17-44-28/h8-15,19,21,28,45H,4-7,16-18,20H2,1-3H3,(H,36,39,41)/t21-,28?/m1/s1. The van der Waals surface area contributed by atoms with Gasteiger partial charge in [-0.2, -0.15) is 5.10 Å². The Bertz CT molecular complexity index is 1750. The number of aromatic nitrogens is 4. The molecule has 2 aliphatic rings. The predicted molar refractivity (Wildman–Crippen MR) is 173 cm³/mol. The van der Waals surface area contributed by atoms with E-state index >= 15 is 0 Å². The first-order chi connectivity index (χ1) is 21.8. The molecule has 1 N–H and O–H groups in total. The summed E-state index contributed by atoms with van der Waals surface area (Å²) >= 11 is 0. The monoisotopic (exact) mass is 634 g/mol. The largest absolute Gasteiger partial charge is 0.456 e.